The van der Waals surface area contributed by atoms with E-state index in [0.717, 1.165) is 58.2 Å². The van der Waals surface area contributed by atoms with E-state index in [1.165, 1.54) is 12.8 Å². The molecular formula is C36H58N4O5. The molecule has 3 aliphatic heterocycles. The Balaban J connectivity index is 0.967. The number of β-amino-alcohol motifs (C(OH)–C–C–N with tert-alkyl or cyclic N) is 1. The Bertz CT molecular complexity index is 1160. The number of aliphatic hydroxyl groups is 1. The zero-order valence-corrected chi connectivity index (χ0v) is 28.2. The van der Waals surface area contributed by atoms with Crippen molar-refractivity contribution >= 4 is 17.6 Å². The lowest BCUT2D eigenvalue weighted by molar-refractivity contribution is -0.160. The quantitative estimate of drug-likeness (QED) is 0.402. The standard InChI is InChI=1S/C36H58N4O5/c1-22-7-10-36(37-21-22)23(2)33-29(45-36)18-28-26-6-5-24-17-25(8-9-34(24,3)27(26)19-30(42)35(28,33)4)38-31(43)20-32(44)40-13-11-39(12-14-40)15-16-41/h22-29,33,37,41H,5-21H2,1-4H3,(H,38,43)/t22-,23+,24+,25+,26-,27+,28+,29+,33+,34+,35-,36-/m1/s1. The summed E-state index contributed by atoms with van der Waals surface area (Å²) in [6.45, 7) is 13.9. The van der Waals surface area contributed by atoms with Crippen LogP contribution in [0, 0.1) is 52.3 Å². The highest BCUT2D eigenvalue weighted by atomic mass is 16.5. The van der Waals surface area contributed by atoms with E-state index in [1.807, 2.05) is 0 Å². The number of carbonyl (C=O) groups excluding carboxylic acids is 3. The van der Waals surface area contributed by atoms with Crippen molar-refractivity contribution in [1.82, 2.24) is 20.4 Å². The number of ketones is 1. The van der Waals surface area contributed by atoms with Crippen LogP contribution in [-0.4, -0.2) is 96.3 Å². The van der Waals surface area contributed by atoms with Crippen molar-refractivity contribution in [1.29, 1.82) is 0 Å². The predicted molar refractivity (Wildman–Crippen MR) is 171 cm³/mol. The summed E-state index contributed by atoms with van der Waals surface area (Å²) in [5.74, 6) is 3.47. The summed E-state index contributed by atoms with van der Waals surface area (Å²) in [6, 6.07) is 0.105. The molecule has 9 nitrogen and oxygen atoms in total. The number of nitrogens with zero attached hydrogens (tertiary/aromatic N) is 2. The minimum Gasteiger partial charge on any atom is -0.395 e. The molecule has 45 heavy (non-hydrogen) atoms. The van der Waals surface area contributed by atoms with Gasteiger partial charge in [0.1, 0.15) is 17.9 Å². The van der Waals surface area contributed by atoms with Gasteiger partial charge in [-0.25, -0.2) is 0 Å². The molecule has 0 bridgehead atoms. The number of hydrogen-bond acceptors (Lipinski definition) is 7. The predicted octanol–water partition coefficient (Wildman–Crippen LogP) is 3.20. The van der Waals surface area contributed by atoms with Gasteiger partial charge < -0.3 is 20.1 Å². The number of ether oxygens (including phenoxy) is 1. The van der Waals surface area contributed by atoms with Crippen LogP contribution in [0.1, 0.15) is 91.9 Å². The molecule has 0 aromatic heterocycles. The third-order valence-corrected chi connectivity index (χ3v) is 14.8. The number of fused-ring (bicyclic) bond motifs is 7. The highest BCUT2D eigenvalue weighted by Gasteiger charge is 2.71. The average Bonchev–Trinajstić information content (AvgIpc) is 3.46. The molecule has 4 saturated carbocycles. The summed E-state index contributed by atoms with van der Waals surface area (Å²) in [6.07, 6.45) is 9.32. The zero-order valence-electron chi connectivity index (χ0n) is 28.2. The van der Waals surface area contributed by atoms with Gasteiger partial charge in [-0.1, -0.05) is 27.7 Å². The van der Waals surface area contributed by atoms with Crippen LogP contribution in [0.4, 0.5) is 0 Å². The lowest BCUT2D eigenvalue weighted by Crippen LogP contribution is -2.60. The van der Waals surface area contributed by atoms with Gasteiger partial charge in [0.05, 0.1) is 12.7 Å². The smallest absolute Gasteiger partial charge is 0.232 e. The van der Waals surface area contributed by atoms with Crippen LogP contribution in [0.15, 0.2) is 0 Å². The van der Waals surface area contributed by atoms with E-state index in [2.05, 4.69) is 43.2 Å². The van der Waals surface area contributed by atoms with Crippen molar-refractivity contribution in [2.24, 2.45) is 52.3 Å². The summed E-state index contributed by atoms with van der Waals surface area (Å²) < 4.78 is 6.98. The molecule has 1 spiro atoms. The number of piperazine rings is 1. The van der Waals surface area contributed by atoms with Crippen molar-refractivity contribution in [3.8, 4) is 0 Å². The van der Waals surface area contributed by atoms with Gasteiger partial charge in [0, 0.05) is 69.0 Å². The van der Waals surface area contributed by atoms with Crippen LogP contribution in [-0.2, 0) is 19.1 Å². The zero-order chi connectivity index (χ0) is 31.7. The van der Waals surface area contributed by atoms with Crippen molar-refractivity contribution < 1.29 is 24.2 Å². The molecule has 0 radical (unpaired) electrons. The molecule has 2 amide bonds. The molecule has 7 aliphatic rings. The van der Waals surface area contributed by atoms with E-state index in [1.54, 1.807) is 4.90 Å². The molecule has 12 atom stereocenters. The van der Waals surface area contributed by atoms with Crippen molar-refractivity contribution in [3.05, 3.63) is 0 Å². The third-order valence-electron chi connectivity index (χ3n) is 14.8. The van der Waals surface area contributed by atoms with E-state index >= 15 is 0 Å². The van der Waals surface area contributed by atoms with Crippen LogP contribution in [0.2, 0.25) is 0 Å². The highest BCUT2D eigenvalue weighted by molar-refractivity contribution is 5.97. The maximum Gasteiger partial charge on any atom is 0.232 e. The molecule has 3 heterocycles. The number of rotatable bonds is 5. The number of carbonyl (C=O) groups is 3. The Morgan fingerprint density at radius 1 is 1.02 bits per heavy atom. The van der Waals surface area contributed by atoms with Gasteiger partial charge in [0.2, 0.25) is 11.8 Å². The van der Waals surface area contributed by atoms with Gasteiger partial charge in [0.15, 0.2) is 0 Å². The normalized spacial score (nSPS) is 48.0. The van der Waals surface area contributed by atoms with E-state index in [-0.39, 0.29) is 53.5 Å². The molecule has 3 N–H and O–H groups in total. The van der Waals surface area contributed by atoms with Gasteiger partial charge >= 0.3 is 0 Å². The third kappa shape index (κ3) is 5.21. The van der Waals surface area contributed by atoms with Gasteiger partial charge in [0.25, 0.3) is 0 Å². The first-order valence-corrected chi connectivity index (χ1v) is 18.3. The van der Waals surface area contributed by atoms with Crippen LogP contribution in [0.5, 0.6) is 0 Å². The molecule has 9 heteroatoms. The molecule has 7 rings (SSSR count). The van der Waals surface area contributed by atoms with E-state index in [0.29, 0.717) is 73.3 Å². The van der Waals surface area contributed by atoms with Gasteiger partial charge in [-0.15, -0.1) is 0 Å². The van der Waals surface area contributed by atoms with Crippen LogP contribution in [0.25, 0.3) is 0 Å². The number of aliphatic hydroxyl groups excluding tert-OH is 1. The maximum atomic E-state index is 14.4. The minimum atomic E-state index is -0.286. The number of nitrogens with one attached hydrogen (secondary N) is 2. The average molecular weight is 627 g/mol. The second-order valence-corrected chi connectivity index (χ2v) is 16.8. The second kappa shape index (κ2) is 11.9. The first-order valence-electron chi connectivity index (χ1n) is 18.3. The molecule has 0 unspecified atom stereocenters. The summed E-state index contributed by atoms with van der Waals surface area (Å²) in [5.41, 5.74) is -0.414. The lowest BCUT2D eigenvalue weighted by atomic mass is 9.44. The Morgan fingerprint density at radius 3 is 2.51 bits per heavy atom. The molecule has 0 aromatic carbocycles. The van der Waals surface area contributed by atoms with Gasteiger partial charge in [-0.2, -0.15) is 0 Å². The van der Waals surface area contributed by atoms with Crippen LogP contribution >= 0.6 is 0 Å². The van der Waals surface area contributed by atoms with Crippen LogP contribution in [0.3, 0.4) is 0 Å². The minimum absolute atomic E-state index is 0.0867. The summed E-state index contributed by atoms with van der Waals surface area (Å²) in [4.78, 5) is 44.2. The number of hydrogen-bond donors (Lipinski definition) is 3. The van der Waals surface area contributed by atoms with Gasteiger partial charge in [-0.05, 0) is 86.4 Å². The van der Waals surface area contributed by atoms with Gasteiger partial charge in [-0.3, -0.25) is 24.6 Å². The van der Waals surface area contributed by atoms with E-state index < -0.39 is 0 Å². The van der Waals surface area contributed by atoms with Crippen molar-refractivity contribution in [2.45, 2.75) is 110 Å². The number of Topliss-reactive ketones (excluding diaryl/α,β-unsaturated/α-hetero) is 1. The fourth-order valence-electron chi connectivity index (χ4n) is 12.2. The molecular weight excluding hydrogens is 568 g/mol. The molecule has 252 valence electrons. The first kappa shape index (κ1) is 32.0. The topological polar surface area (TPSA) is 111 Å². The molecule has 7 fully saturated rings. The number of piperidine rings is 1. The summed E-state index contributed by atoms with van der Waals surface area (Å²) in [5, 5.41) is 16.2. The van der Waals surface area contributed by atoms with Crippen LogP contribution < -0.4 is 10.6 Å². The fraction of sp³-hybridized carbons (Fsp3) is 0.917. The Morgan fingerprint density at radius 2 is 1.80 bits per heavy atom. The molecule has 0 aromatic rings. The summed E-state index contributed by atoms with van der Waals surface area (Å²) in [7, 11) is 0. The first-order chi connectivity index (χ1) is 21.5. The Kier molecular flexibility index (Phi) is 8.43. The highest BCUT2D eigenvalue weighted by Crippen LogP contribution is 2.70. The van der Waals surface area contributed by atoms with E-state index in [9.17, 15) is 14.4 Å². The monoisotopic (exact) mass is 626 g/mol. The molecule has 4 aliphatic carbocycles. The van der Waals surface area contributed by atoms with Crippen molar-refractivity contribution in [3.63, 3.8) is 0 Å². The summed E-state index contributed by atoms with van der Waals surface area (Å²) >= 11 is 0. The Hall–Kier alpha value is -1.55. The maximum absolute atomic E-state index is 14.4. The van der Waals surface area contributed by atoms with Crippen molar-refractivity contribution in [2.75, 3.05) is 45.9 Å². The SMILES string of the molecule is C[C@@H]1CC[C@@]2(NC1)O[C@H]1C[C@H]3[C@@H]4CC[C@H]5C[C@@H](NC(=O)CC(=O)N6CCN(CCO)CC6)CC[C@]5(C)[C@H]4CC(=O)[C@]3(C)[C@H]1[C@@H]2C. The Labute approximate surface area is 269 Å². The molecule has 3 saturated heterocycles. The fourth-order valence-corrected chi connectivity index (χ4v) is 12.2. The lowest BCUT2D eigenvalue weighted by Gasteiger charge is -2.60. The largest absolute Gasteiger partial charge is 0.395 e. The van der Waals surface area contributed by atoms with E-state index in [4.69, 9.17) is 9.84 Å². The number of amides is 2. The second-order valence-electron chi connectivity index (χ2n) is 16.8.